The van der Waals surface area contributed by atoms with Crippen molar-refractivity contribution in [1.82, 2.24) is 25.0 Å². The number of hydrogen-bond donors (Lipinski definition) is 1. The van der Waals surface area contributed by atoms with Crippen molar-refractivity contribution in [2.24, 2.45) is 5.10 Å². The van der Waals surface area contributed by atoms with Crippen molar-refractivity contribution in [3.05, 3.63) is 71.3 Å². The summed E-state index contributed by atoms with van der Waals surface area (Å²) in [5, 5.41) is 10.7. The molecule has 134 valence electrons. The predicted octanol–water partition coefficient (Wildman–Crippen LogP) is 3.05. The van der Waals surface area contributed by atoms with E-state index in [1.807, 2.05) is 63.2 Å². The number of aromatic nitrogens is 4. The molecule has 2 aromatic heterocycles. The molecule has 0 saturated heterocycles. The second-order valence-corrected chi connectivity index (χ2v) is 6.39. The van der Waals surface area contributed by atoms with E-state index in [2.05, 4.69) is 31.7 Å². The smallest absolute Gasteiger partial charge is 0.264 e. The summed E-state index contributed by atoms with van der Waals surface area (Å²) in [4.78, 5) is 20.8. The molecule has 7 nitrogen and oxygen atoms in total. The van der Waals surface area contributed by atoms with Gasteiger partial charge in [0.2, 0.25) is 5.82 Å². The van der Waals surface area contributed by atoms with E-state index in [1.54, 1.807) is 4.52 Å². The molecule has 0 aliphatic rings. The zero-order chi connectivity index (χ0) is 19.0. The fourth-order valence-corrected chi connectivity index (χ4v) is 2.93. The van der Waals surface area contributed by atoms with Crippen LogP contribution >= 0.6 is 0 Å². The Morgan fingerprint density at radius 1 is 1.04 bits per heavy atom. The molecule has 27 heavy (non-hydrogen) atoms. The largest absolute Gasteiger partial charge is 0.311 e. The van der Waals surface area contributed by atoms with E-state index in [-0.39, 0.29) is 5.82 Å². The maximum Gasteiger partial charge on any atom is 0.311 e. The van der Waals surface area contributed by atoms with Crippen LogP contribution < -0.4 is 5.43 Å². The fraction of sp³-hybridized carbons (Fsp3) is 0.150. The molecule has 4 aromatic rings. The molecule has 4 rings (SSSR count). The average molecular weight is 358 g/mol. The molecule has 0 bridgehead atoms. The molecule has 1 amide bonds. The Hall–Kier alpha value is -3.61. The highest BCUT2D eigenvalue weighted by Gasteiger charge is 2.14. The number of aryl methyl sites for hydroxylation is 2. The zero-order valence-electron chi connectivity index (χ0n) is 15.3. The molecule has 0 aliphatic heterocycles. The molecule has 0 atom stereocenters. The molecular weight excluding hydrogens is 340 g/mol. The van der Waals surface area contributed by atoms with Crippen molar-refractivity contribution in [2.75, 3.05) is 0 Å². The number of carbonyl (C=O) groups excluding carboxylic acids is 1. The molecule has 2 aromatic carbocycles. The summed E-state index contributed by atoms with van der Waals surface area (Å²) in [5.41, 5.74) is 5.84. The van der Waals surface area contributed by atoms with Gasteiger partial charge < -0.3 is 0 Å². The second kappa shape index (κ2) is 6.60. The van der Waals surface area contributed by atoms with Crippen molar-refractivity contribution >= 4 is 28.2 Å². The van der Waals surface area contributed by atoms with Gasteiger partial charge in [0.15, 0.2) is 0 Å². The lowest BCUT2D eigenvalue weighted by Crippen LogP contribution is -2.20. The number of rotatable bonds is 3. The van der Waals surface area contributed by atoms with Crippen LogP contribution in [0.15, 0.2) is 53.6 Å². The first-order valence-corrected chi connectivity index (χ1v) is 8.56. The Kier molecular flexibility index (Phi) is 4.12. The third-order valence-corrected chi connectivity index (χ3v) is 4.31. The summed E-state index contributed by atoms with van der Waals surface area (Å²) in [6, 6.07) is 16.0. The van der Waals surface area contributed by atoms with E-state index in [1.165, 1.54) is 0 Å². The lowest BCUT2D eigenvalue weighted by molar-refractivity contribution is 0.0944. The molecule has 0 fully saturated rings. The second-order valence-electron chi connectivity index (χ2n) is 6.39. The van der Waals surface area contributed by atoms with Gasteiger partial charge in [-0.05, 0) is 49.2 Å². The van der Waals surface area contributed by atoms with Gasteiger partial charge in [-0.15, -0.1) is 5.10 Å². The Labute approximate surface area is 155 Å². The van der Waals surface area contributed by atoms with Gasteiger partial charge >= 0.3 is 5.91 Å². The van der Waals surface area contributed by atoms with Gasteiger partial charge in [0, 0.05) is 11.4 Å². The van der Waals surface area contributed by atoms with Crippen molar-refractivity contribution in [3.8, 4) is 0 Å². The van der Waals surface area contributed by atoms with Crippen LogP contribution in [0.3, 0.4) is 0 Å². The Morgan fingerprint density at radius 3 is 2.63 bits per heavy atom. The number of nitrogens with one attached hydrogen (secondary N) is 1. The first-order chi connectivity index (χ1) is 13.0. The van der Waals surface area contributed by atoms with Gasteiger partial charge in [-0.25, -0.2) is 14.9 Å². The monoisotopic (exact) mass is 358 g/mol. The molecular formula is C20H18N6O. The molecule has 0 aliphatic carbocycles. The molecule has 0 saturated carbocycles. The lowest BCUT2D eigenvalue weighted by Gasteiger charge is -2.04. The van der Waals surface area contributed by atoms with E-state index in [0.29, 0.717) is 11.5 Å². The normalized spacial score (nSPS) is 11.9. The minimum atomic E-state index is -0.474. The number of carbonyl (C=O) groups is 1. The molecule has 1 N–H and O–H groups in total. The van der Waals surface area contributed by atoms with Crippen LogP contribution in [-0.2, 0) is 0 Å². The third kappa shape index (κ3) is 3.27. The maximum absolute atomic E-state index is 12.4. The molecule has 7 heteroatoms. The van der Waals surface area contributed by atoms with Gasteiger partial charge in [0.25, 0.3) is 5.78 Å². The number of nitrogens with zero attached hydrogens (tertiary/aromatic N) is 5. The summed E-state index contributed by atoms with van der Waals surface area (Å²) in [6.45, 7) is 5.61. The highest BCUT2D eigenvalue weighted by Crippen LogP contribution is 2.16. The average Bonchev–Trinajstić information content (AvgIpc) is 3.10. The molecule has 0 radical (unpaired) electrons. The van der Waals surface area contributed by atoms with Gasteiger partial charge in [-0.2, -0.15) is 10.1 Å². The van der Waals surface area contributed by atoms with Crippen LogP contribution in [0, 0.1) is 13.8 Å². The van der Waals surface area contributed by atoms with Crippen molar-refractivity contribution < 1.29 is 4.79 Å². The van der Waals surface area contributed by atoms with E-state index in [4.69, 9.17) is 0 Å². The Balaban J connectivity index is 1.57. The zero-order valence-corrected chi connectivity index (χ0v) is 15.3. The number of amides is 1. The van der Waals surface area contributed by atoms with Crippen LogP contribution in [0.25, 0.3) is 16.6 Å². The highest BCUT2D eigenvalue weighted by atomic mass is 16.2. The molecule has 2 heterocycles. The first-order valence-electron chi connectivity index (χ1n) is 8.56. The van der Waals surface area contributed by atoms with Crippen molar-refractivity contribution in [3.63, 3.8) is 0 Å². The van der Waals surface area contributed by atoms with Crippen molar-refractivity contribution in [1.29, 1.82) is 0 Å². The summed E-state index contributed by atoms with van der Waals surface area (Å²) in [5.74, 6) is -0.0446. The van der Waals surface area contributed by atoms with Gasteiger partial charge in [-0.1, -0.05) is 36.4 Å². The standard InChI is InChI=1S/C20H18N6O/c1-12-10-13(2)26-20(21-12)22-18(25-26)19(27)24-23-14(3)16-9-8-15-6-4-5-7-17(15)11-16/h4-11H,1-3H3,(H,24,27)/b23-14+. The van der Waals surface area contributed by atoms with Crippen LogP contribution in [0.2, 0.25) is 0 Å². The summed E-state index contributed by atoms with van der Waals surface area (Å²) in [6.07, 6.45) is 0. The topological polar surface area (TPSA) is 84.5 Å². The molecule has 0 spiro atoms. The Bertz CT molecular complexity index is 1210. The third-order valence-electron chi connectivity index (χ3n) is 4.31. The summed E-state index contributed by atoms with van der Waals surface area (Å²) >= 11 is 0. The van der Waals surface area contributed by atoms with E-state index in [0.717, 1.165) is 27.7 Å². The maximum atomic E-state index is 12.4. The van der Waals surface area contributed by atoms with Gasteiger partial charge in [-0.3, -0.25) is 4.79 Å². The minimum Gasteiger partial charge on any atom is -0.264 e. The van der Waals surface area contributed by atoms with Crippen molar-refractivity contribution in [2.45, 2.75) is 20.8 Å². The Morgan fingerprint density at radius 2 is 1.81 bits per heavy atom. The van der Waals surface area contributed by atoms with E-state index < -0.39 is 5.91 Å². The van der Waals surface area contributed by atoms with Crippen LogP contribution in [-0.4, -0.2) is 31.2 Å². The summed E-state index contributed by atoms with van der Waals surface area (Å²) in [7, 11) is 0. The number of hydrogen-bond acceptors (Lipinski definition) is 5. The minimum absolute atomic E-state index is 0.0336. The SMILES string of the molecule is C/C(=N\NC(=O)c1nc2nc(C)cc(C)n2n1)c1ccc2ccccc2c1. The number of fused-ring (bicyclic) bond motifs is 2. The number of hydrazone groups is 1. The van der Waals surface area contributed by atoms with E-state index in [9.17, 15) is 4.79 Å². The predicted molar refractivity (Wildman–Crippen MR) is 104 cm³/mol. The van der Waals surface area contributed by atoms with Gasteiger partial charge in [0.1, 0.15) is 0 Å². The number of benzene rings is 2. The van der Waals surface area contributed by atoms with Crippen LogP contribution in [0.5, 0.6) is 0 Å². The van der Waals surface area contributed by atoms with Crippen LogP contribution in [0.1, 0.15) is 34.5 Å². The van der Waals surface area contributed by atoms with Gasteiger partial charge in [0.05, 0.1) is 5.71 Å². The fourth-order valence-electron chi connectivity index (χ4n) is 2.93. The summed E-state index contributed by atoms with van der Waals surface area (Å²) < 4.78 is 1.54. The van der Waals surface area contributed by atoms with E-state index >= 15 is 0 Å². The highest BCUT2D eigenvalue weighted by molar-refractivity contribution is 6.03. The van der Waals surface area contributed by atoms with Crippen LogP contribution in [0.4, 0.5) is 0 Å². The molecule has 0 unspecified atom stereocenters. The first kappa shape index (κ1) is 16.8. The lowest BCUT2D eigenvalue weighted by atomic mass is 10.0. The quantitative estimate of drug-likeness (QED) is 0.451.